The van der Waals surface area contributed by atoms with Crippen molar-refractivity contribution in [1.29, 1.82) is 0 Å². The van der Waals surface area contributed by atoms with Crippen LogP contribution in [-0.4, -0.2) is 53.2 Å². The van der Waals surface area contributed by atoms with E-state index in [9.17, 15) is 29.6 Å². The van der Waals surface area contributed by atoms with E-state index >= 15 is 0 Å². The largest absolute Gasteiger partial charge is 0.480 e. The highest BCUT2D eigenvalue weighted by molar-refractivity contribution is 5.87. The van der Waals surface area contributed by atoms with E-state index in [1.807, 2.05) is 0 Å². The van der Waals surface area contributed by atoms with Gasteiger partial charge in [0.2, 0.25) is 5.91 Å². The molecule has 0 bridgehead atoms. The summed E-state index contributed by atoms with van der Waals surface area (Å²) in [5.74, 6) is -3.51. The number of hydrogen-bond donors (Lipinski definition) is 2. The van der Waals surface area contributed by atoms with Gasteiger partial charge in [-0.05, 0) is 25.3 Å². The van der Waals surface area contributed by atoms with Gasteiger partial charge in [0.1, 0.15) is 12.1 Å². The van der Waals surface area contributed by atoms with Crippen molar-refractivity contribution < 1.29 is 33.9 Å². The van der Waals surface area contributed by atoms with E-state index < -0.39 is 40.8 Å². The number of ether oxygens (including phenoxy) is 2. The molecule has 1 aromatic rings. The van der Waals surface area contributed by atoms with Crippen LogP contribution in [-0.2, 0) is 23.9 Å². The summed E-state index contributed by atoms with van der Waals surface area (Å²) in [4.78, 5) is 46.5. The molecule has 0 unspecified atom stereocenters. The average Bonchev–Trinajstić information content (AvgIpc) is 3.19. The van der Waals surface area contributed by atoms with Crippen molar-refractivity contribution in [1.82, 2.24) is 5.32 Å². The molecule has 0 saturated carbocycles. The lowest BCUT2D eigenvalue weighted by Gasteiger charge is -2.25. The van der Waals surface area contributed by atoms with Crippen LogP contribution in [0.3, 0.4) is 0 Å². The number of amides is 1. The second-order valence-corrected chi connectivity index (χ2v) is 6.29. The number of esters is 1. The van der Waals surface area contributed by atoms with E-state index in [1.54, 1.807) is 6.92 Å². The zero-order valence-electron chi connectivity index (χ0n) is 15.3. The Hall–Kier alpha value is -3.01. The number of benzene rings is 1. The van der Waals surface area contributed by atoms with Crippen LogP contribution in [0.15, 0.2) is 24.3 Å². The second kappa shape index (κ2) is 9.79. The molecule has 0 aliphatic carbocycles. The van der Waals surface area contributed by atoms with Crippen LogP contribution in [0.1, 0.15) is 37.7 Å². The highest BCUT2D eigenvalue weighted by Crippen LogP contribution is 2.27. The zero-order chi connectivity index (χ0) is 20.7. The van der Waals surface area contributed by atoms with Crippen molar-refractivity contribution in [2.45, 2.75) is 44.2 Å². The van der Waals surface area contributed by atoms with Crippen molar-refractivity contribution in [3.63, 3.8) is 0 Å². The van der Waals surface area contributed by atoms with Crippen LogP contribution in [0.25, 0.3) is 0 Å². The molecule has 1 saturated heterocycles. The highest BCUT2D eigenvalue weighted by atomic mass is 16.6. The molecule has 0 aromatic heterocycles. The van der Waals surface area contributed by atoms with Crippen molar-refractivity contribution in [3.05, 3.63) is 39.9 Å². The molecule has 1 aliphatic heterocycles. The Labute approximate surface area is 161 Å². The van der Waals surface area contributed by atoms with Gasteiger partial charge >= 0.3 is 11.9 Å². The molecule has 1 fully saturated rings. The predicted molar refractivity (Wildman–Crippen MR) is 95.6 cm³/mol. The van der Waals surface area contributed by atoms with Gasteiger partial charge in [-0.15, -0.1) is 0 Å². The van der Waals surface area contributed by atoms with Crippen molar-refractivity contribution in [3.8, 4) is 0 Å². The fraction of sp³-hybridized carbons (Fsp3) is 0.500. The van der Waals surface area contributed by atoms with E-state index in [0.717, 1.165) is 0 Å². The number of non-ortho nitro benzene ring substituents is 1. The molecule has 10 nitrogen and oxygen atoms in total. The van der Waals surface area contributed by atoms with Crippen LogP contribution in [0, 0.1) is 10.1 Å². The van der Waals surface area contributed by atoms with E-state index in [1.165, 1.54) is 24.3 Å². The number of nitro groups is 1. The molecule has 28 heavy (non-hydrogen) atoms. The molecule has 0 spiro atoms. The summed E-state index contributed by atoms with van der Waals surface area (Å²) in [5, 5.41) is 22.9. The highest BCUT2D eigenvalue weighted by Gasteiger charge is 2.36. The number of nitro benzene ring substituents is 1. The first kappa shape index (κ1) is 21.3. The van der Waals surface area contributed by atoms with Crippen LogP contribution in [0.5, 0.6) is 0 Å². The molecule has 10 heteroatoms. The number of carbonyl (C=O) groups excluding carboxylic acids is 2. The van der Waals surface area contributed by atoms with Gasteiger partial charge in [-0.2, -0.15) is 0 Å². The number of hydrogen-bond acceptors (Lipinski definition) is 7. The molecule has 1 amide bonds. The monoisotopic (exact) mass is 394 g/mol. The molecule has 1 aromatic carbocycles. The first-order valence-corrected chi connectivity index (χ1v) is 8.88. The van der Waals surface area contributed by atoms with Gasteiger partial charge in [-0.25, -0.2) is 4.79 Å². The first-order chi connectivity index (χ1) is 13.3. The molecular formula is C18H22N2O8. The maximum atomic E-state index is 12.3. The minimum absolute atomic E-state index is 0.117. The Morgan fingerprint density at radius 2 is 2.04 bits per heavy atom. The lowest BCUT2D eigenvalue weighted by atomic mass is 9.88. The average molecular weight is 394 g/mol. The number of aliphatic carboxylic acids is 1. The number of carboxylic acid groups (broad SMARTS) is 1. The molecular weight excluding hydrogens is 372 g/mol. The normalized spacial score (nSPS) is 18.1. The number of rotatable bonds is 9. The Kier molecular flexibility index (Phi) is 7.44. The molecule has 152 valence electrons. The Morgan fingerprint density at radius 3 is 2.54 bits per heavy atom. The number of nitrogens with zero attached hydrogens (tertiary/aromatic N) is 1. The van der Waals surface area contributed by atoms with Gasteiger partial charge in [-0.1, -0.05) is 12.1 Å². The number of nitrogens with one attached hydrogen (secondary N) is 1. The third kappa shape index (κ3) is 5.49. The summed E-state index contributed by atoms with van der Waals surface area (Å²) in [6.07, 6.45) is 0.138. The van der Waals surface area contributed by atoms with E-state index in [4.69, 9.17) is 9.47 Å². The van der Waals surface area contributed by atoms with E-state index in [0.29, 0.717) is 25.0 Å². The number of carboxylic acids is 1. The van der Waals surface area contributed by atoms with Crippen LogP contribution < -0.4 is 5.32 Å². The fourth-order valence-corrected chi connectivity index (χ4v) is 3.04. The minimum Gasteiger partial charge on any atom is -0.480 e. The van der Waals surface area contributed by atoms with Crippen molar-refractivity contribution in [2.75, 3.05) is 13.2 Å². The topological polar surface area (TPSA) is 145 Å². The van der Waals surface area contributed by atoms with Crippen LogP contribution in [0.2, 0.25) is 0 Å². The molecule has 2 rings (SSSR count). The maximum absolute atomic E-state index is 12.3. The van der Waals surface area contributed by atoms with Crippen molar-refractivity contribution in [2.24, 2.45) is 0 Å². The minimum atomic E-state index is -1.43. The predicted octanol–water partition coefficient (Wildman–Crippen LogP) is 1.38. The van der Waals surface area contributed by atoms with Gasteiger partial charge in [0.05, 0.1) is 18.0 Å². The standard InChI is InChI=1S/C18H22N2O8/c1-2-27-15(21)10-13(11-5-7-12(8-6-11)20(25)26)16(18(23)24)19-17(22)14-4-3-9-28-14/h5-8,13-14,16H,2-4,9-10H2,1H3,(H,19,22)(H,23,24)/t13-,14+,16-/m0/s1. The van der Waals surface area contributed by atoms with Crippen LogP contribution >= 0.6 is 0 Å². The maximum Gasteiger partial charge on any atom is 0.326 e. The Morgan fingerprint density at radius 1 is 1.36 bits per heavy atom. The van der Waals surface area contributed by atoms with Crippen molar-refractivity contribution >= 4 is 23.5 Å². The molecule has 3 atom stereocenters. The van der Waals surface area contributed by atoms with Crippen LogP contribution in [0.4, 0.5) is 5.69 Å². The molecule has 2 N–H and O–H groups in total. The fourth-order valence-electron chi connectivity index (χ4n) is 3.04. The first-order valence-electron chi connectivity index (χ1n) is 8.88. The third-order valence-electron chi connectivity index (χ3n) is 4.41. The summed E-state index contributed by atoms with van der Waals surface area (Å²) in [7, 11) is 0. The third-order valence-corrected chi connectivity index (χ3v) is 4.41. The Bertz CT molecular complexity index is 728. The van der Waals surface area contributed by atoms with Gasteiger partial charge in [0.25, 0.3) is 5.69 Å². The zero-order valence-corrected chi connectivity index (χ0v) is 15.3. The lowest BCUT2D eigenvalue weighted by Crippen LogP contribution is -2.49. The quantitative estimate of drug-likeness (QED) is 0.363. The lowest BCUT2D eigenvalue weighted by molar-refractivity contribution is -0.384. The van der Waals surface area contributed by atoms with E-state index in [2.05, 4.69) is 5.32 Å². The van der Waals surface area contributed by atoms with E-state index in [-0.39, 0.29) is 18.7 Å². The molecule has 1 aliphatic rings. The Balaban J connectivity index is 2.29. The van der Waals surface area contributed by atoms with Gasteiger partial charge in [-0.3, -0.25) is 19.7 Å². The summed E-state index contributed by atoms with van der Waals surface area (Å²) in [5.41, 5.74) is 0.188. The van der Waals surface area contributed by atoms with Gasteiger partial charge in [0.15, 0.2) is 0 Å². The van der Waals surface area contributed by atoms with Gasteiger partial charge in [0, 0.05) is 24.7 Å². The summed E-state index contributed by atoms with van der Waals surface area (Å²) >= 11 is 0. The second-order valence-electron chi connectivity index (χ2n) is 6.29. The SMILES string of the molecule is CCOC(=O)C[C@@H](c1ccc([N+](=O)[O-])cc1)[C@H](NC(=O)[C@H]1CCCO1)C(=O)O. The molecule has 0 radical (unpaired) electrons. The number of carbonyl (C=O) groups is 3. The summed E-state index contributed by atoms with van der Waals surface area (Å²) in [6.45, 7) is 2.16. The summed E-state index contributed by atoms with van der Waals surface area (Å²) in [6, 6.07) is 3.75. The van der Waals surface area contributed by atoms with Gasteiger partial charge < -0.3 is 19.9 Å². The summed E-state index contributed by atoms with van der Waals surface area (Å²) < 4.78 is 10.2. The smallest absolute Gasteiger partial charge is 0.326 e. The molecule has 1 heterocycles.